The number of aromatic nitrogens is 1. The van der Waals surface area contributed by atoms with Crippen LogP contribution in [0.2, 0.25) is 0 Å². The minimum absolute atomic E-state index is 0.641. The van der Waals surface area contributed by atoms with Gasteiger partial charge in [0.25, 0.3) is 0 Å². The van der Waals surface area contributed by atoms with Gasteiger partial charge in [-0.25, -0.2) is 0 Å². The van der Waals surface area contributed by atoms with Crippen LogP contribution in [0.1, 0.15) is 23.1 Å². The molecule has 1 heterocycles. The smallest absolute Gasteiger partial charge is 0.191 e. The summed E-state index contributed by atoms with van der Waals surface area (Å²) in [5, 5.41) is 6.68. The van der Waals surface area contributed by atoms with Crippen molar-refractivity contribution in [2.75, 3.05) is 33.9 Å². The van der Waals surface area contributed by atoms with Gasteiger partial charge in [0.1, 0.15) is 5.75 Å². The van der Waals surface area contributed by atoms with Crippen molar-refractivity contribution in [2.24, 2.45) is 4.99 Å². The summed E-state index contributed by atoms with van der Waals surface area (Å²) in [6.45, 7) is 4.85. The average Bonchev–Trinajstić information content (AvgIpc) is 2.69. The van der Waals surface area contributed by atoms with E-state index < -0.39 is 0 Å². The second-order valence-corrected chi connectivity index (χ2v) is 6.27. The molecule has 2 aromatic rings. The van der Waals surface area contributed by atoms with Crippen molar-refractivity contribution < 1.29 is 9.47 Å². The highest BCUT2D eigenvalue weighted by molar-refractivity contribution is 5.79. The minimum Gasteiger partial charge on any atom is -0.493 e. The maximum absolute atomic E-state index is 5.94. The van der Waals surface area contributed by atoms with Crippen LogP contribution < -0.4 is 15.4 Å². The summed E-state index contributed by atoms with van der Waals surface area (Å²) in [5.41, 5.74) is 3.48. The molecule has 0 fully saturated rings. The summed E-state index contributed by atoms with van der Waals surface area (Å²) in [7, 11) is 3.48. The number of rotatable bonds is 10. The Hall–Kier alpha value is -2.60. The van der Waals surface area contributed by atoms with Crippen LogP contribution in [0.3, 0.4) is 0 Å². The molecule has 0 saturated carbocycles. The van der Waals surface area contributed by atoms with Crippen LogP contribution in [0.4, 0.5) is 0 Å². The molecule has 0 aliphatic heterocycles. The van der Waals surface area contributed by atoms with E-state index in [1.54, 1.807) is 20.4 Å². The first-order valence-electron chi connectivity index (χ1n) is 9.27. The molecule has 146 valence electrons. The number of methoxy groups -OCH3 is 1. The Bertz CT molecular complexity index is 705. The molecule has 1 aromatic carbocycles. The minimum atomic E-state index is 0.641. The molecule has 1 aromatic heterocycles. The number of benzene rings is 1. The van der Waals surface area contributed by atoms with Crippen LogP contribution in [0.15, 0.2) is 47.7 Å². The third kappa shape index (κ3) is 7.66. The highest BCUT2D eigenvalue weighted by Crippen LogP contribution is 2.20. The zero-order chi connectivity index (χ0) is 19.3. The molecule has 0 atom stereocenters. The summed E-state index contributed by atoms with van der Waals surface area (Å²) in [5.74, 6) is 1.68. The first-order valence-corrected chi connectivity index (χ1v) is 9.27. The van der Waals surface area contributed by atoms with E-state index in [0.29, 0.717) is 19.8 Å². The Balaban J connectivity index is 1.84. The van der Waals surface area contributed by atoms with E-state index in [2.05, 4.69) is 51.8 Å². The largest absolute Gasteiger partial charge is 0.493 e. The van der Waals surface area contributed by atoms with Crippen LogP contribution in [0, 0.1) is 6.92 Å². The van der Waals surface area contributed by atoms with Crippen LogP contribution in [0.25, 0.3) is 0 Å². The fraction of sp³-hybridized carbons (Fsp3) is 0.429. The van der Waals surface area contributed by atoms with E-state index in [-0.39, 0.29) is 0 Å². The Labute approximate surface area is 162 Å². The van der Waals surface area contributed by atoms with Crippen LogP contribution in [0.5, 0.6) is 5.75 Å². The average molecular weight is 370 g/mol. The molecule has 2 rings (SSSR count). The molecule has 6 heteroatoms. The maximum Gasteiger partial charge on any atom is 0.191 e. The van der Waals surface area contributed by atoms with E-state index in [1.165, 1.54) is 11.1 Å². The second kappa shape index (κ2) is 11.9. The first-order chi connectivity index (χ1) is 13.2. The molecular weight excluding hydrogens is 340 g/mol. The van der Waals surface area contributed by atoms with E-state index in [9.17, 15) is 0 Å². The van der Waals surface area contributed by atoms with Crippen molar-refractivity contribution in [3.8, 4) is 5.75 Å². The van der Waals surface area contributed by atoms with E-state index >= 15 is 0 Å². The third-order valence-electron chi connectivity index (χ3n) is 4.07. The van der Waals surface area contributed by atoms with Crippen molar-refractivity contribution in [1.29, 1.82) is 0 Å². The van der Waals surface area contributed by atoms with Crippen molar-refractivity contribution >= 4 is 5.96 Å². The number of guanidine groups is 1. The lowest BCUT2D eigenvalue weighted by atomic mass is 10.1. The molecular formula is C21H30N4O2. The predicted octanol–water partition coefficient (Wildman–Crippen LogP) is 2.71. The molecule has 0 spiro atoms. The Morgan fingerprint density at radius 2 is 2.07 bits per heavy atom. The fourth-order valence-electron chi connectivity index (χ4n) is 2.60. The lowest BCUT2D eigenvalue weighted by Gasteiger charge is -2.15. The summed E-state index contributed by atoms with van der Waals surface area (Å²) >= 11 is 0. The van der Waals surface area contributed by atoms with Gasteiger partial charge >= 0.3 is 0 Å². The van der Waals surface area contributed by atoms with Crippen LogP contribution in [-0.4, -0.2) is 44.9 Å². The second-order valence-electron chi connectivity index (χ2n) is 6.27. The normalized spacial score (nSPS) is 11.3. The van der Waals surface area contributed by atoms with Gasteiger partial charge in [0.15, 0.2) is 5.96 Å². The van der Waals surface area contributed by atoms with Crippen LogP contribution in [-0.2, 0) is 17.7 Å². The van der Waals surface area contributed by atoms with Gasteiger partial charge in [-0.3, -0.25) is 9.98 Å². The quantitative estimate of drug-likeness (QED) is 0.382. The molecule has 0 amide bonds. The summed E-state index contributed by atoms with van der Waals surface area (Å²) in [6, 6.07) is 10.3. The SMILES string of the molecule is CN=C(NCCc1cccnc1)NCc1ccc(C)cc1OCCCOC. The first kappa shape index (κ1) is 20.7. The summed E-state index contributed by atoms with van der Waals surface area (Å²) < 4.78 is 11.0. The molecule has 0 bridgehead atoms. The molecule has 6 nitrogen and oxygen atoms in total. The molecule has 0 aliphatic carbocycles. The lowest BCUT2D eigenvalue weighted by Crippen LogP contribution is -2.37. The Morgan fingerprint density at radius 1 is 1.19 bits per heavy atom. The van der Waals surface area contributed by atoms with Gasteiger partial charge in [-0.1, -0.05) is 18.2 Å². The Kier molecular flexibility index (Phi) is 9.13. The summed E-state index contributed by atoms with van der Waals surface area (Å²) in [4.78, 5) is 8.43. The number of nitrogens with zero attached hydrogens (tertiary/aromatic N) is 2. The molecule has 27 heavy (non-hydrogen) atoms. The number of pyridine rings is 1. The number of aliphatic imine (C=N–C) groups is 1. The van der Waals surface area contributed by atoms with Crippen molar-refractivity contribution in [1.82, 2.24) is 15.6 Å². The number of hydrogen-bond donors (Lipinski definition) is 2. The van der Waals surface area contributed by atoms with Gasteiger partial charge < -0.3 is 20.1 Å². The molecule has 0 saturated heterocycles. The number of hydrogen-bond acceptors (Lipinski definition) is 4. The molecule has 0 unspecified atom stereocenters. The van der Waals surface area contributed by atoms with Gasteiger partial charge in [0, 0.05) is 58.2 Å². The van der Waals surface area contributed by atoms with E-state index in [1.807, 2.05) is 12.3 Å². The molecule has 0 aliphatic rings. The zero-order valence-corrected chi connectivity index (χ0v) is 16.5. The zero-order valence-electron chi connectivity index (χ0n) is 16.5. The van der Waals surface area contributed by atoms with Gasteiger partial charge in [-0.2, -0.15) is 0 Å². The van der Waals surface area contributed by atoms with Gasteiger partial charge in [-0.15, -0.1) is 0 Å². The number of ether oxygens (including phenoxy) is 2. The number of nitrogens with one attached hydrogen (secondary N) is 2. The lowest BCUT2D eigenvalue weighted by molar-refractivity contribution is 0.172. The van der Waals surface area contributed by atoms with Crippen molar-refractivity contribution in [2.45, 2.75) is 26.3 Å². The molecule has 0 radical (unpaired) electrons. The Morgan fingerprint density at radius 3 is 2.81 bits per heavy atom. The van der Waals surface area contributed by atoms with E-state index in [0.717, 1.165) is 36.7 Å². The van der Waals surface area contributed by atoms with Gasteiger partial charge in [0.05, 0.1) is 6.61 Å². The topological polar surface area (TPSA) is 67.8 Å². The van der Waals surface area contributed by atoms with Crippen molar-refractivity contribution in [3.63, 3.8) is 0 Å². The van der Waals surface area contributed by atoms with E-state index in [4.69, 9.17) is 9.47 Å². The molecule has 2 N–H and O–H groups in total. The monoisotopic (exact) mass is 370 g/mol. The van der Waals surface area contributed by atoms with Gasteiger partial charge in [-0.05, 0) is 36.6 Å². The highest BCUT2D eigenvalue weighted by Gasteiger charge is 2.06. The standard InChI is InChI=1S/C21H30N4O2/c1-17-7-8-19(20(14-17)27-13-5-12-26-3)16-25-21(22-2)24-11-9-18-6-4-10-23-15-18/h4,6-8,10,14-15H,5,9,11-13,16H2,1-3H3,(H2,22,24,25). The van der Waals surface area contributed by atoms with Crippen LogP contribution >= 0.6 is 0 Å². The predicted molar refractivity (Wildman–Crippen MR) is 109 cm³/mol. The van der Waals surface area contributed by atoms with Crippen molar-refractivity contribution in [3.05, 3.63) is 59.4 Å². The summed E-state index contributed by atoms with van der Waals surface area (Å²) in [6.07, 6.45) is 5.44. The number of aryl methyl sites for hydroxylation is 1. The third-order valence-corrected chi connectivity index (χ3v) is 4.07. The maximum atomic E-state index is 5.94. The van der Waals surface area contributed by atoms with Gasteiger partial charge in [0.2, 0.25) is 0 Å². The fourth-order valence-corrected chi connectivity index (χ4v) is 2.60. The highest BCUT2D eigenvalue weighted by atomic mass is 16.5.